The average Bonchev–Trinajstić information content (AvgIpc) is 2.62. The van der Waals surface area contributed by atoms with E-state index in [2.05, 4.69) is 34.6 Å². The number of unbranched alkanes of at least 4 members (excludes halogenated alkanes) is 1. The molecule has 1 aliphatic rings. The number of nitrogens with two attached hydrogens (primary N) is 1. The summed E-state index contributed by atoms with van der Waals surface area (Å²) in [6.07, 6.45) is 4.91. The highest BCUT2D eigenvalue weighted by molar-refractivity contribution is 5.96. The van der Waals surface area contributed by atoms with E-state index in [1.165, 1.54) is 18.4 Å². The van der Waals surface area contributed by atoms with Crippen LogP contribution in [-0.2, 0) is 11.3 Å². The van der Waals surface area contributed by atoms with Crippen LogP contribution in [-0.4, -0.2) is 36.0 Å². The maximum Gasteiger partial charge on any atom is 0.312 e. The summed E-state index contributed by atoms with van der Waals surface area (Å²) in [4.78, 5) is 26.0. The van der Waals surface area contributed by atoms with Crippen LogP contribution in [0.2, 0.25) is 0 Å². The SMILES string of the molecule is CCCCC(NC(N)=O)C(=O)Nc1ccc(CN2CCC(C)CC2)cc1. The van der Waals surface area contributed by atoms with Gasteiger partial charge in [0.05, 0.1) is 0 Å². The van der Waals surface area contributed by atoms with E-state index in [1.54, 1.807) is 0 Å². The first kappa shape index (κ1) is 20.2. The van der Waals surface area contributed by atoms with Crippen molar-refractivity contribution in [3.8, 4) is 0 Å². The molecule has 0 aromatic heterocycles. The number of urea groups is 1. The number of amides is 3. The molecule has 1 fully saturated rings. The number of carbonyl (C=O) groups excluding carboxylic acids is 2. The van der Waals surface area contributed by atoms with Gasteiger partial charge in [0.1, 0.15) is 6.04 Å². The van der Waals surface area contributed by atoms with E-state index in [-0.39, 0.29) is 5.91 Å². The van der Waals surface area contributed by atoms with Crippen molar-refractivity contribution < 1.29 is 9.59 Å². The van der Waals surface area contributed by atoms with Crippen molar-refractivity contribution in [3.05, 3.63) is 29.8 Å². The summed E-state index contributed by atoms with van der Waals surface area (Å²) in [6.45, 7) is 7.61. The molecule has 1 unspecified atom stereocenters. The highest BCUT2D eigenvalue weighted by Crippen LogP contribution is 2.19. The molecule has 1 atom stereocenters. The van der Waals surface area contributed by atoms with Crippen molar-refractivity contribution >= 4 is 17.6 Å². The molecule has 0 radical (unpaired) electrons. The van der Waals surface area contributed by atoms with Gasteiger partial charge in [-0.2, -0.15) is 0 Å². The maximum atomic E-state index is 12.4. The van der Waals surface area contributed by atoms with Gasteiger partial charge < -0.3 is 16.4 Å². The Balaban J connectivity index is 1.88. The van der Waals surface area contributed by atoms with Crippen molar-refractivity contribution in [2.75, 3.05) is 18.4 Å². The molecule has 1 aromatic carbocycles. The second-order valence-electron chi connectivity index (χ2n) is 7.35. The summed E-state index contributed by atoms with van der Waals surface area (Å²) < 4.78 is 0. The molecular formula is C20H32N4O2. The van der Waals surface area contributed by atoms with Crippen molar-refractivity contribution in [2.24, 2.45) is 11.7 Å². The quantitative estimate of drug-likeness (QED) is 0.666. The number of hydrogen-bond acceptors (Lipinski definition) is 3. The summed E-state index contributed by atoms with van der Waals surface area (Å²) >= 11 is 0. The number of nitrogens with one attached hydrogen (secondary N) is 2. The number of anilines is 1. The molecule has 1 heterocycles. The van der Waals surface area contributed by atoms with Crippen LogP contribution in [0.15, 0.2) is 24.3 Å². The standard InChI is InChI=1S/C20H32N4O2/c1-3-4-5-18(23-20(21)26)19(25)22-17-8-6-16(7-9-17)14-24-12-10-15(2)11-13-24/h6-9,15,18H,3-5,10-14H2,1-2H3,(H,22,25)(H3,21,23,26). The molecule has 144 valence electrons. The Kier molecular flexibility index (Phi) is 7.91. The van der Waals surface area contributed by atoms with E-state index >= 15 is 0 Å². The second kappa shape index (κ2) is 10.2. The third kappa shape index (κ3) is 6.67. The van der Waals surface area contributed by atoms with Gasteiger partial charge in [0.2, 0.25) is 5.91 Å². The van der Waals surface area contributed by atoms with Gasteiger partial charge in [0, 0.05) is 12.2 Å². The zero-order chi connectivity index (χ0) is 18.9. The van der Waals surface area contributed by atoms with Crippen LogP contribution in [0.4, 0.5) is 10.5 Å². The number of benzene rings is 1. The first-order valence-electron chi connectivity index (χ1n) is 9.66. The normalized spacial score (nSPS) is 16.8. The van der Waals surface area contributed by atoms with Gasteiger partial charge in [0.15, 0.2) is 0 Å². The fourth-order valence-corrected chi connectivity index (χ4v) is 3.25. The summed E-state index contributed by atoms with van der Waals surface area (Å²) in [5.74, 6) is 0.605. The molecule has 4 N–H and O–H groups in total. The van der Waals surface area contributed by atoms with E-state index in [0.717, 1.165) is 44.1 Å². The number of primary amides is 1. The van der Waals surface area contributed by atoms with Crippen LogP contribution in [0.3, 0.4) is 0 Å². The summed E-state index contributed by atoms with van der Waals surface area (Å²) in [5.41, 5.74) is 7.16. The number of hydrogen-bond donors (Lipinski definition) is 3. The van der Waals surface area contributed by atoms with Crippen LogP contribution >= 0.6 is 0 Å². The zero-order valence-corrected chi connectivity index (χ0v) is 16.0. The van der Waals surface area contributed by atoms with Crippen LogP contribution in [0.1, 0.15) is 51.5 Å². The molecule has 1 aromatic rings. The molecule has 2 rings (SSSR count). The van der Waals surface area contributed by atoms with Crippen LogP contribution in [0.25, 0.3) is 0 Å². The van der Waals surface area contributed by atoms with Crippen LogP contribution in [0, 0.1) is 5.92 Å². The largest absolute Gasteiger partial charge is 0.352 e. The van der Waals surface area contributed by atoms with Gasteiger partial charge in [-0.1, -0.05) is 38.8 Å². The lowest BCUT2D eigenvalue weighted by atomic mass is 9.99. The highest BCUT2D eigenvalue weighted by Gasteiger charge is 2.19. The summed E-state index contributed by atoms with van der Waals surface area (Å²) in [7, 11) is 0. The Morgan fingerprint density at radius 3 is 2.46 bits per heavy atom. The Labute approximate surface area is 156 Å². The predicted octanol–water partition coefficient (Wildman–Crippen LogP) is 3.08. The lowest BCUT2D eigenvalue weighted by Gasteiger charge is -2.30. The van der Waals surface area contributed by atoms with Crippen molar-refractivity contribution in [3.63, 3.8) is 0 Å². The Hall–Kier alpha value is -2.08. The molecule has 6 nitrogen and oxygen atoms in total. The minimum absolute atomic E-state index is 0.227. The third-order valence-electron chi connectivity index (χ3n) is 4.98. The lowest BCUT2D eigenvalue weighted by molar-refractivity contribution is -0.118. The Morgan fingerprint density at radius 2 is 1.88 bits per heavy atom. The Morgan fingerprint density at radius 1 is 1.23 bits per heavy atom. The summed E-state index contributed by atoms with van der Waals surface area (Å²) in [6, 6.07) is 6.67. The van der Waals surface area contributed by atoms with Crippen LogP contribution < -0.4 is 16.4 Å². The van der Waals surface area contributed by atoms with Gasteiger partial charge in [-0.05, 0) is 56.0 Å². The van der Waals surface area contributed by atoms with Gasteiger partial charge >= 0.3 is 6.03 Å². The van der Waals surface area contributed by atoms with E-state index in [0.29, 0.717) is 6.42 Å². The van der Waals surface area contributed by atoms with Gasteiger partial charge in [-0.15, -0.1) is 0 Å². The van der Waals surface area contributed by atoms with Gasteiger partial charge in [-0.3, -0.25) is 9.69 Å². The first-order valence-corrected chi connectivity index (χ1v) is 9.66. The molecule has 3 amide bonds. The van der Waals surface area contributed by atoms with Crippen molar-refractivity contribution in [1.29, 1.82) is 0 Å². The molecule has 0 saturated carbocycles. The molecule has 0 bridgehead atoms. The molecule has 26 heavy (non-hydrogen) atoms. The molecule has 1 aliphatic heterocycles. The number of rotatable bonds is 8. The van der Waals surface area contributed by atoms with Crippen LogP contribution in [0.5, 0.6) is 0 Å². The Bertz CT molecular complexity index is 580. The third-order valence-corrected chi connectivity index (χ3v) is 4.98. The minimum atomic E-state index is -0.674. The highest BCUT2D eigenvalue weighted by atomic mass is 16.2. The van der Waals surface area contributed by atoms with E-state index in [4.69, 9.17) is 5.73 Å². The molecule has 0 aliphatic carbocycles. The zero-order valence-electron chi connectivity index (χ0n) is 16.0. The van der Waals surface area contributed by atoms with Crippen molar-refractivity contribution in [1.82, 2.24) is 10.2 Å². The van der Waals surface area contributed by atoms with E-state index in [1.807, 2.05) is 19.1 Å². The molecule has 0 spiro atoms. The number of nitrogens with zero attached hydrogens (tertiary/aromatic N) is 1. The maximum absolute atomic E-state index is 12.4. The topological polar surface area (TPSA) is 87.5 Å². The number of likely N-dealkylation sites (tertiary alicyclic amines) is 1. The fraction of sp³-hybridized carbons (Fsp3) is 0.600. The van der Waals surface area contributed by atoms with Crippen molar-refractivity contribution in [2.45, 2.75) is 58.5 Å². The van der Waals surface area contributed by atoms with Gasteiger partial charge in [-0.25, -0.2) is 4.79 Å². The molecular weight excluding hydrogens is 328 g/mol. The molecule has 1 saturated heterocycles. The first-order chi connectivity index (χ1) is 12.5. The summed E-state index contributed by atoms with van der Waals surface area (Å²) in [5, 5.41) is 5.39. The minimum Gasteiger partial charge on any atom is -0.352 e. The van der Waals surface area contributed by atoms with Gasteiger partial charge in [0.25, 0.3) is 0 Å². The fourth-order valence-electron chi connectivity index (χ4n) is 3.25. The number of carbonyl (C=O) groups is 2. The number of piperidine rings is 1. The monoisotopic (exact) mass is 360 g/mol. The predicted molar refractivity (Wildman–Crippen MR) is 105 cm³/mol. The smallest absolute Gasteiger partial charge is 0.312 e. The lowest BCUT2D eigenvalue weighted by Crippen LogP contribution is -2.46. The van der Waals surface area contributed by atoms with E-state index in [9.17, 15) is 9.59 Å². The van der Waals surface area contributed by atoms with E-state index < -0.39 is 12.1 Å². The second-order valence-corrected chi connectivity index (χ2v) is 7.35. The molecule has 6 heteroatoms. The average molecular weight is 361 g/mol.